The summed E-state index contributed by atoms with van der Waals surface area (Å²) in [6, 6.07) is 0.460. The van der Waals surface area contributed by atoms with Crippen LogP contribution in [-0.4, -0.2) is 44.4 Å². The van der Waals surface area contributed by atoms with Gasteiger partial charge in [0.05, 0.1) is 5.82 Å². The van der Waals surface area contributed by atoms with E-state index in [-0.39, 0.29) is 6.61 Å². The van der Waals surface area contributed by atoms with Crippen molar-refractivity contribution >= 4 is 0 Å². The summed E-state index contributed by atoms with van der Waals surface area (Å²) in [6.07, 6.45) is 2.62. The number of nitrogens with two attached hydrogens (primary N) is 1. The van der Waals surface area contributed by atoms with Gasteiger partial charge in [0.1, 0.15) is 0 Å². The first-order chi connectivity index (χ1) is 7.20. The van der Waals surface area contributed by atoms with Gasteiger partial charge in [-0.05, 0) is 26.5 Å². The van der Waals surface area contributed by atoms with E-state index in [1.807, 2.05) is 13.1 Å². The molecule has 0 heterocycles. The van der Waals surface area contributed by atoms with Gasteiger partial charge in [-0.25, -0.2) is 0 Å². The van der Waals surface area contributed by atoms with E-state index in [0.29, 0.717) is 18.4 Å². The molecule has 0 unspecified atom stereocenters. The molecule has 0 aliphatic carbocycles. The fourth-order valence-electron chi connectivity index (χ4n) is 0.968. The summed E-state index contributed by atoms with van der Waals surface area (Å²) in [5, 5.41) is 18.0. The van der Waals surface area contributed by atoms with Gasteiger partial charge in [-0.3, -0.25) is 0 Å². The lowest BCUT2D eigenvalue weighted by Crippen LogP contribution is -2.34. The Morgan fingerprint density at radius 1 is 1.53 bits per heavy atom. The molecule has 6 N–H and O–H groups in total. The first kappa shape index (κ1) is 14.2. The second-order valence-electron chi connectivity index (χ2n) is 3.51. The number of likely N-dealkylation sites (N-methyl/N-ethyl adjacent to an activating group) is 1. The molecule has 0 fully saturated rings. The Kier molecular flexibility index (Phi) is 9.26. The molecule has 90 valence electrons. The molecule has 15 heavy (non-hydrogen) atoms. The molecule has 0 aromatic heterocycles. The molecule has 0 saturated heterocycles. The predicted molar refractivity (Wildman–Crippen MR) is 63.4 cm³/mol. The van der Waals surface area contributed by atoms with Gasteiger partial charge in [-0.15, -0.1) is 0 Å². The highest BCUT2D eigenvalue weighted by molar-refractivity contribution is 4.95. The lowest BCUT2D eigenvalue weighted by atomic mass is 10.3. The van der Waals surface area contributed by atoms with Crippen molar-refractivity contribution in [2.24, 2.45) is 5.73 Å². The number of rotatable bonds is 9. The molecule has 5 heteroatoms. The lowest BCUT2D eigenvalue weighted by Gasteiger charge is -2.10. The third-order valence-corrected chi connectivity index (χ3v) is 2.07. The molecule has 5 nitrogen and oxygen atoms in total. The molecule has 0 aromatic carbocycles. The third-order valence-electron chi connectivity index (χ3n) is 2.07. The molecule has 0 amide bonds. The number of hydrogen-bond donors (Lipinski definition) is 5. The summed E-state index contributed by atoms with van der Waals surface area (Å²) >= 11 is 0. The van der Waals surface area contributed by atoms with Gasteiger partial charge in [0.2, 0.25) is 0 Å². The highest BCUT2D eigenvalue weighted by Gasteiger charge is 1.94. The molecule has 0 bridgehead atoms. The average molecular weight is 216 g/mol. The molecule has 0 aliphatic heterocycles. The van der Waals surface area contributed by atoms with E-state index >= 15 is 0 Å². The minimum absolute atomic E-state index is 0.193. The van der Waals surface area contributed by atoms with Crippen LogP contribution in [-0.2, 0) is 0 Å². The van der Waals surface area contributed by atoms with Gasteiger partial charge in [-0.1, -0.05) is 0 Å². The van der Waals surface area contributed by atoms with E-state index in [1.54, 1.807) is 0 Å². The summed E-state index contributed by atoms with van der Waals surface area (Å²) in [6.45, 7) is 4.68. The Morgan fingerprint density at radius 2 is 2.27 bits per heavy atom. The number of aliphatic hydroxyl groups excluding tert-OH is 1. The van der Waals surface area contributed by atoms with E-state index in [4.69, 9.17) is 10.8 Å². The Morgan fingerprint density at radius 3 is 2.87 bits per heavy atom. The maximum Gasteiger partial charge on any atom is 0.0931 e. The van der Waals surface area contributed by atoms with Crippen molar-refractivity contribution in [2.75, 3.05) is 33.3 Å². The zero-order chi connectivity index (χ0) is 11.5. The first-order valence-corrected chi connectivity index (χ1v) is 5.39. The number of hydrogen-bond acceptors (Lipinski definition) is 5. The predicted octanol–water partition coefficient (Wildman–Crippen LogP) is -1.04. The van der Waals surface area contributed by atoms with Gasteiger partial charge in [0.15, 0.2) is 0 Å². The third kappa shape index (κ3) is 9.52. The van der Waals surface area contributed by atoms with Crippen molar-refractivity contribution < 1.29 is 5.11 Å². The fraction of sp³-hybridized carbons (Fsp3) is 0.800. The summed E-state index contributed by atoms with van der Waals surface area (Å²) in [5.74, 6) is 0.660. The molecule has 0 spiro atoms. The topological polar surface area (TPSA) is 82.3 Å². The lowest BCUT2D eigenvalue weighted by molar-refractivity contribution is 0.288. The maximum absolute atomic E-state index is 8.56. The summed E-state index contributed by atoms with van der Waals surface area (Å²) < 4.78 is 0. The molecule has 0 radical (unpaired) electrons. The average Bonchev–Trinajstić information content (AvgIpc) is 2.24. The first-order valence-electron chi connectivity index (χ1n) is 5.39. The Labute approximate surface area is 92.1 Å². The Balaban J connectivity index is 3.41. The van der Waals surface area contributed by atoms with E-state index in [2.05, 4.69) is 22.9 Å². The Hall–Kier alpha value is -0.780. The highest BCUT2D eigenvalue weighted by Crippen LogP contribution is 1.80. The molecule has 0 aromatic rings. The van der Waals surface area contributed by atoms with Crippen molar-refractivity contribution in [2.45, 2.75) is 19.4 Å². The van der Waals surface area contributed by atoms with Gasteiger partial charge in [0, 0.05) is 32.3 Å². The van der Waals surface area contributed by atoms with E-state index < -0.39 is 0 Å². The van der Waals surface area contributed by atoms with Crippen LogP contribution in [0.2, 0.25) is 0 Å². The summed E-state index contributed by atoms with van der Waals surface area (Å²) in [5.41, 5.74) is 5.68. The number of aliphatic hydroxyl groups is 1. The Bertz CT molecular complexity index is 173. The van der Waals surface area contributed by atoms with E-state index in [9.17, 15) is 0 Å². The standard InChI is InChI=1S/C10H24N4O/c1-9(12-2)8-13-6-4-10(11)14-5-3-7-15/h4,9,12-15H,3,5-8,11H2,1-2H3/b10-4+/t9-/m0/s1. The van der Waals surface area contributed by atoms with E-state index in [1.165, 1.54) is 0 Å². The van der Waals surface area contributed by atoms with Crippen LogP contribution in [0.1, 0.15) is 13.3 Å². The monoisotopic (exact) mass is 216 g/mol. The SMILES string of the molecule is CN[C@@H](C)CNC/C=C(\N)NCCCO. The fourth-order valence-corrected chi connectivity index (χ4v) is 0.968. The molecule has 0 rings (SSSR count). The second-order valence-corrected chi connectivity index (χ2v) is 3.51. The number of nitrogens with one attached hydrogen (secondary N) is 3. The van der Waals surface area contributed by atoms with Crippen molar-refractivity contribution in [1.82, 2.24) is 16.0 Å². The van der Waals surface area contributed by atoms with Crippen molar-refractivity contribution in [1.29, 1.82) is 0 Å². The van der Waals surface area contributed by atoms with Gasteiger partial charge in [-0.2, -0.15) is 0 Å². The van der Waals surface area contributed by atoms with Crippen LogP contribution in [0.25, 0.3) is 0 Å². The van der Waals surface area contributed by atoms with Crippen LogP contribution in [0, 0.1) is 0 Å². The zero-order valence-corrected chi connectivity index (χ0v) is 9.71. The van der Waals surface area contributed by atoms with Gasteiger partial charge >= 0.3 is 0 Å². The second kappa shape index (κ2) is 9.76. The van der Waals surface area contributed by atoms with Crippen LogP contribution >= 0.6 is 0 Å². The molecule has 0 aliphatic rings. The summed E-state index contributed by atoms with van der Waals surface area (Å²) in [4.78, 5) is 0. The largest absolute Gasteiger partial charge is 0.396 e. The van der Waals surface area contributed by atoms with Crippen LogP contribution in [0.5, 0.6) is 0 Å². The van der Waals surface area contributed by atoms with Crippen LogP contribution in [0.15, 0.2) is 11.9 Å². The van der Waals surface area contributed by atoms with Crippen molar-refractivity contribution in [3.63, 3.8) is 0 Å². The van der Waals surface area contributed by atoms with Crippen LogP contribution in [0.4, 0.5) is 0 Å². The zero-order valence-electron chi connectivity index (χ0n) is 9.71. The van der Waals surface area contributed by atoms with Gasteiger partial charge < -0.3 is 26.8 Å². The van der Waals surface area contributed by atoms with Crippen LogP contribution < -0.4 is 21.7 Å². The molecule has 1 atom stereocenters. The normalized spacial score (nSPS) is 13.9. The minimum atomic E-state index is 0.193. The molecular weight excluding hydrogens is 192 g/mol. The maximum atomic E-state index is 8.56. The van der Waals surface area contributed by atoms with Crippen molar-refractivity contribution in [3.8, 4) is 0 Å². The van der Waals surface area contributed by atoms with E-state index in [0.717, 1.165) is 19.5 Å². The molecule has 0 saturated carbocycles. The molecular formula is C10H24N4O. The van der Waals surface area contributed by atoms with Crippen LogP contribution in [0.3, 0.4) is 0 Å². The van der Waals surface area contributed by atoms with Gasteiger partial charge in [0.25, 0.3) is 0 Å². The smallest absolute Gasteiger partial charge is 0.0931 e. The highest BCUT2D eigenvalue weighted by atomic mass is 16.3. The van der Waals surface area contributed by atoms with Crippen molar-refractivity contribution in [3.05, 3.63) is 11.9 Å². The minimum Gasteiger partial charge on any atom is -0.396 e. The summed E-state index contributed by atoms with van der Waals surface area (Å²) in [7, 11) is 1.94. The quantitative estimate of drug-likeness (QED) is 0.318.